The monoisotopic (exact) mass is 262 g/mol. The van der Waals surface area contributed by atoms with Gasteiger partial charge in [-0.05, 0) is 42.2 Å². The van der Waals surface area contributed by atoms with Gasteiger partial charge in [0.05, 0.1) is 18.8 Å². The molecule has 1 N–H and O–H groups in total. The second-order valence-electron chi connectivity index (χ2n) is 6.62. The van der Waals surface area contributed by atoms with Crippen molar-refractivity contribution in [1.29, 1.82) is 0 Å². The van der Waals surface area contributed by atoms with Crippen LogP contribution in [0.5, 0.6) is 0 Å². The minimum Gasteiger partial charge on any atom is -0.393 e. The fraction of sp³-hybridized carbons (Fsp3) is 0.647. The Kier molecular flexibility index (Phi) is 4.64. The summed E-state index contributed by atoms with van der Waals surface area (Å²) in [5, 5.41) is 10.1. The molecule has 0 amide bonds. The van der Waals surface area contributed by atoms with Crippen LogP contribution in [0.25, 0.3) is 0 Å². The van der Waals surface area contributed by atoms with Crippen LogP contribution in [0, 0.1) is 5.41 Å². The standard InChI is InChI=1S/C17H26O2/c1-17(2,3)16(18)10-6-9-15-14-8-5-4-7-13(14)11-12-19-15/h4-5,7-8,15-16,18H,6,9-12H2,1-3H3. The molecule has 0 radical (unpaired) electrons. The molecule has 1 aliphatic rings. The SMILES string of the molecule is CC(C)(C)C(O)CCCC1OCCc2ccccc21. The third kappa shape index (κ3) is 3.80. The van der Waals surface area contributed by atoms with E-state index in [0.717, 1.165) is 32.3 Å². The van der Waals surface area contributed by atoms with E-state index in [9.17, 15) is 5.11 Å². The summed E-state index contributed by atoms with van der Waals surface area (Å²) in [6.45, 7) is 7.09. The zero-order valence-corrected chi connectivity index (χ0v) is 12.4. The zero-order chi connectivity index (χ0) is 13.9. The van der Waals surface area contributed by atoms with Crippen LogP contribution in [0.15, 0.2) is 24.3 Å². The highest BCUT2D eigenvalue weighted by Gasteiger charge is 2.24. The van der Waals surface area contributed by atoms with E-state index >= 15 is 0 Å². The lowest BCUT2D eigenvalue weighted by atomic mass is 9.85. The van der Waals surface area contributed by atoms with Gasteiger partial charge in [-0.15, -0.1) is 0 Å². The summed E-state index contributed by atoms with van der Waals surface area (Å²) in [5.41, 5.74) is 2.75. The predicted octanol–water partition coefficient (Wildman–Crippen LogP) is 3.88. The van der Waals surface area contributed by atoms with E-state index in [1.165, 1.54) is 11.1 Å². The molecule has 0 bridgehead atoms. The molecule has 0 aliphatic carbocycles. The van der Waals surface area contributed by atoms with Crippen LogP contribution in [0.3, 0.4) is 0 Å². The lowest BCUT2D eigenvalue weighted by Gasteiger charge is -2.28. The van der Waals surface area contributed by atoms with Gasteiger partial charge in [0.15, 0.2) is 0 Å². The molecule has 1 aliphatic heterocycles. The highest BCUT2D eigenvalue weighted by Crippen LogP contribution is 2.32. The van der Waals surface area contributed by atoms with Gasteiger partial charge in [0.2, 0.25) is 0 Å². The van der Waals surface area contributed by atoms with E-state index in [1.54, 1.807) is 0 Å². The molecule has 1 aromatic carbocycles. The molecule has 19 heavy (non-hydrogen) atoms. The van der Waals surface area contributed by atoms with Crippen molar-refractivity contribution < 1.29 is 9.84 Å². The van der Waals surface area contributed by atoms with Gasteiger partial charge in [-0.1, -0.05) is 45.0 Å². The maximum absolute atomic E-state index is 10.1. The van der Waals surface area contributed by atoms with Gasteiger partial charge in [-0.3, -0.25) is 0 Å². The third-order valence-corrected chi connectivity index (χ3v) is 4.04. The molecule has 2 unspecified atom stereocenters. The molecular formula is C17H26O2. The van der Waals surface area contributed by atoms with Crippen molar-refractivity contribution >= 4 is 0 Å². The van der Waals surface area contributed by atoms with Gasteiger partial charge >= 0.3 is 0 Å². The summed E-state index contributed by atoms with van der Waals surface area (Å²) in [7, 11) is 0. The Morgan fingerprint density at radius 3 is 2.79 bits per heavy atom. The summed E-state index contributed by atoms with van der Waals surface area (Å²) in [5.74, 6) is 0. The maximum atomic E-state index is 10.1. The highest BCUT2D eigenvalue weighted by atomic mass is 16.5. The molecule has 1 aromatic rings. The average molecular weight is 262 g/mol. The third-order valence-electron chi connectivity index (χ3n) is 4.04. The van der Waals surface area contributed by atoms with Gasteiger partial charge in [0, 0.05) is 0 Å². The molecule has 106 valence electrons. The molecule has 1 heterocycles. The van der Waals surface area contributed by atoms with Crippen LogP contribution >= 0.6 is 0 Å². The molecule has 0 saturated heterocycles. The number of benzene rings is 1. The molecule has 2 atom stereocenters. The molecule has 0 spiro atoms. The molecule has 2 nitrogen and oxygen atoms in total. The summed E-state index contributed by atoms with van der Waals surface area (Å²) in [6, 6.07) is 8.57. The van der Waals surface area contributed by atoms with Crippen molar-refractivity contribution in [2.45, 2.75) is 58.7 Å². The lowest BCUT2D eigenvalue weighted by Crippen LogP contribution is -2.26. The maximum Gasteiger partial charge on any atom is 0.0827 e. The lowest BCUT2D eigenvalue weighted by molar-refractivity contribution is 0.0221. The molecule has 0 fully saturated rings. The van der Waals surface area contributed by atoms with Crippen molar-refractivity contribution in [3.8, 4) is 0 Å². The Morgan fingerprint density at radius 1 is 1.32 bits per heavy atom. The number of fused-ring (bicyclic) bond motifs is 1. The van der Waals surface area contributed by atoms with Gasteiger partial charge in [-0.25, -0.2) is 0 Å². The van der Waals surface area contributed by atoms with Gasteiger partial charge < -0.3 is 9.84 Å². The average Bonchev–Trinajstić information content (AvgIpc) is 2.38. The van der Waals surface area contributed by atoms with Crippen molar-refractivity contribution in [2.24, 2.45) is 5.41 Å². The first-order valence-corrected chi connectivity index (χ1v) is 7.36. The number of aliphatic hydroxyl groups is 1. The summed E-state index contributed by atoms with van der Waals surface area (Å²) in [6.07, 6.45) is 3.88. The molecule has 0 aromatic heterocycles. The van der Waals surface area contributed by atoms with E-state index in [2.05, 4.69) is 45.0 Å². The van der Waals surface area contributed by atoms with Gasteiger partial charge in [0.25, 0.3) is 0 Å². The van der Waals surface area contributed by atoms with Crippen LogP contribution in [0.4, 0.5) is 0 Å². The Morgan fingerprint density at radius 2 is 2.05 bits per heavy atom. The Hall–Kier alpha value is -0.860. The zero-order valence-electron chi connectivity index (χ0n) is 12.4. The quantitative estimate of drug-likeness (QED) is 0.892. The summed E-state index contributed by atoms with van der Waals surface area (Å²) < 4.78 is 5.89. The smallest absolute Gasteiger partial charge is 0.0827 e. The van der Waals surface area contributed by atoms with Gasteiger partial charge in [0.1, 0.15) is 0 Å². The minimum absolute atomic E-state index is 0.0225. The molecular weight excluding hydrogens is 236 g/mol. The first-order valence-electron chi connectivity index (χ1n) is 7.36. The largest absolute Gasteiger partial charge is 0.393 e. The second-order valence-corrected chi connectivity index (χ2v) is 6.62. The van der Waals surface area contributed by atoms with Crippen molar-refractivity contribution in [3.05, 3.63) is 35.4 Å². The van der Waals surface area contributed by atoms with Crippen molar-refractivity contribution in [2.75, 3.05) is 6.61 Å². The van der Waals surface area contributed by atoms with E-state index < -0.39 is 0 Å². The topological polar surface area (TPSA) is 29.5 Å². The van der Waals surface area contributed by atoms with Crippen molar-refractivity contribution in [1.82, 2.24) is 0 Å². The van der Waals surface area contributed by atoms with E-state index in [-0.39, 0.29) is 17.6 Å². The van der Waals surface area contributed by atoms with Crippen molar-refractivity contribution in [3.63, 3.8) is 0 Å². The number of hydrogen-bond donors (Lipinski definition) is 1. The number of hydrogen-bond acceptors (Lipinski definition) is 2. The minimum atomic E-state index is -0.230. The highest BCUT2D eigenvalue weighted by molar-refractivity contribution is 5.30. The first-order chi connectivity index (χ1) is 8.98. The molecule has 2 heteroatoms. The number of rotatable bonds is 4. The number of ether oxygens (including phenoxy) is 1. The van der Waals surface area contributed by atoms with Crippen LogP contribution in [0.1, 0.15) is 57.3 Å². The Labute approximate surface area is 116 Å². The van der Waals surface area contributed by atoms with Crippen LogP contribution < -0.4 is 0 Å². The molecule has 0 saturated carbocycles. The van der Waals surface area contributed by atoms with Crippen LogP contribution in [-0.2, 0) is 11.2 Å². The van der Waals surface area contributed by atoms with E-state index in [1.807, 2.05) is 0 Å². The number of aliphatic hydroxyl groups excluding tert-OH is 1. The first kappa shape index (κ1) is 14.5. The normalized spacial score (nSPS) is 20.9. The fourth-order valence-corrected chi connectivity index (χ4v) is 2.65. The Bertz CT molecular complexity index is 406. The van der Waals surface area contributed by atoms with Crippen LogP contribution in [0.2, 0.25) is 0 Å². The van der Waals surface area contributed by atoms with Crippen LogP contribution in [-0.4, -0.2) is 17.8 Å². The van der Waals surface area contributed by atoms with Gasteiger partial charge in [-0.2, -0.15) is 0 Å². The Balaban J connectivity index is 1.88. The summed E-state index contributed by atoms with van der Waals surface area (Å²) >= 11 is 0. The predicted molar refractivity (Wildman–Crippen MR) is 78.2 cm³/mol. The van der Waals surface area contributed by atoms with E-state index in [0.29, 0.717) is 0 Å². The second kappa shape index (κ2) is 6.06. The fourth-order valence-electron chi connectivity index (χ4n) is 2.65. The summed E-state index contributed by atoms with van der Waals surface area (Å²) in [4.78, 5) is 0. The van der Waals surface area contributed by atoms with E-state index in [4.69, 9.17) is 4.74 Å². The molecule has 2 rings (SSSR count).